The molecular formula is C14H20FN3O2. The summed E-state index contributed by atoms with van der Waals surface area (Å²) in [6.07, 6.45) is 0. The van der Waals surface area contributed by atoms with Crippen LogP contribution in [0.15, 0.2) is 18.2 Å². The monoisotopic (exact) mass is 281 g/mol. The van der Waals surface area contributed by atoms with Crippen LogP contribution in [0.5, 0.6) is 0 Å². The largest absolute Gasteiger partial charge is 0.399 e. The number of benzene rings is 1. The zero-order chi connectivity index (χ0) is 15.5. The number of nitrogens with two attached hydrogens (primary N) is 1. The third-order valence-electron chi connectivity index (χ3n) is 2.42. The van der Waals surface area contributed by atoms with Crippen LogP contribution in [0, 0.1) is 5.82 Å². The maximum atomic E-state index is 13.2. The van der Waals surface area contributed by atoms with E-state index in [2.05, 4.69) is 10.6 Å². The van der Waals surface area contributed by atoms with Crippen molar-refractivity contribution in [1.29, 1.82) is 0 Å². The molecule has 0 spiro atoms. The maximum absolute atomic E-state index is 13.2. The summed E-state index contributed by atoms with van der Waals surface area (Å²) in [5.74, 6) is -1.45. The number of carbonyl (C=O) groups is 2. The highest BCUT2D eigenvalue weighted by Crippen LogP contribution is 2.11. The van der Waals surface area contributed by atoms with E-state index in [1.807, 2.05) is 20.8 Å². The van der Waals surface area contributed by atoms with Gasteiger partial charge in [-0.1, -0.05) is 0 Å². The van der Waals surface area contributed by atoms with Crippen molar-refractivity contribution in [2.45, 2.75) is 39.3 Å². The second kappa shape index (κ2) is 5.90. The van der Waals surface area contributed by atoms with Gasteiger partial charge in [0.15, 0.2) is 0 Å². The summed E-state index contributed by atoms with van der Waals surface area (Å²) < 4.78 is 13.2. The third-order valence-corrected chi connectivity index (χ3v) is 2.42. The summed E-state index contributed by atoms with van der Waals surface area (Å²) in [6.45, 7) is 7.08. The standard InChI is InChI=1S/C14H20FN3O2/c1-8(12(19)18-14(2,3)4)17-13(20)9-5-10(15)7-11(16)6-9/h5-8H,16H2,1-4H3,(H,17,20)(H,18,19). The van der Waals surface area contributed by atoms with Crippen molar-refractivity contribution in [1.82, 2.24) is 10.6 Å². The van der Waals surface area contributed by atoms with Gasteiger partial charge in [-0.05, 0) is 45.9 Å². The van der Waals surface area contributed by atoms with E-state index in [0.717, 1.165) is 12.1 Å². The van der Waals surface area contributed by atoms with Crippen molar-refractivity contribution in [3.05, 3.63) is 29.6 Å². The van der Waals surface area contributed by atoms with E-state index in [-0.39, 0.29) is 22.7 Å². The molecule has 20 heavy (non-hydrogen) atoms. The molecule has 110 valence electrons. The van der Waals surface area contributed by atoms with Crippen LogP contribution in [0.3, 0.4) is 0 Å². The number of nitrogens with one attached hydrogen (secondary N) is 2. The number of hydrogen-bond acceptors (Lipinski definition) is 3. The molecule has 0 fully saturated rings. The summed E-state index contributed by atoms with van der Waals surface area (Å²) in [5.41, 5.74) is 5.32. The molecule has 5 nitrogen and oxygen atoms in total. The Hall–Kier alpha value is -2.11. The second-order valence-corrected chi connectivity index (χ2v) is 5.71. The van der Waals surface area contributed by atoms with Crippen LogP contribution in [0.4, 0.5) is 10.1 Å². The first-order valence-electron chi connectivity index (χ1n) is 6.27. The van der Waals surface area contributed by atoms with Crippen LogP contribution in [-0.2, 0) is 4.79 Å². The van der Waals surface area contributed by atoms with Gasteiger partial charge in [0.2, 0.25) is 5.91 Å². The first-order valence-corrected chi connectivity index (χ1v) is 6.27. The zero-order valence-electron chi connectivity index (χ0n) is 12.1. The Labute approximate surface area is 117 Å². The number of amides is 2. The quantitative estimate of drug-likeness (QED) is 0.733. The van der Waals surface area contributed by atoms with Gasteiger partial charge in [0, 0.05) is 16.8 Å². The number of anilines is 1. The van der Waals surface area contributed by atoms with E-state index in [1.54, 1.807) is 6.92 Å². The predicted octanol–water partition coefficient (Wildman–Crippen LogP) is 1.44. The smallest absolute Gasteiger partial charge is 0.252 e. The maximum Gasteiger partial charge on any atom is 0.252 e. The SMILES string of the molecule is CC(NC(=O)c1cc(N)cc(F)c1)C(=O)NC(C)(C)C. The number of rotatable bonds is 3. The fourth-order valence-corrected chi connectivity index (χ4v) is 1.57. The molecule has 1 atom stereocenters. The molecule has 6 heteroatoms. The van der Waals surface area contributed by atoms with Crippen molar-refractivity contribution in [3.63, 3.8) is 0 Å². The van der Waals surface area contributed by atoms with Gasteiger partial charge >= 0.3 is 0 Å². The van der Waals surface area contributed by atoms with Crippen molar-refractivity contribution < 1.29 is 14.0 Å². The Morgan fingerprint density at radius 2 is 1.85 bits per heavy atom. The van der Waals surface area contributed by atoms with Crippen molar-refractivity contribution in [3.8, 4) is 0 Å². The lowest BCUT2D eigenvalue weighted by molar-refractivity contribution is -0.124. The van der Waals surface area contributed by atoms with Crippen LogP contribution in [0.2, 0.25) is 0 Å². The highest BCUT2D eigenvalue weighted by atomic mass is 19.1. The molecule has 1 rings (SSSR count). The summed E-state index contributed by atoms with van der Waals surface area (Å²) >= 11 is 0. The van der Waals surface area contributed by atoms with Gasteiger partial charge in [-0.15, -0.1) is 0 Å². The molecule has 0 heterocycles. The molecule has 1 aromatic rings. The fourth-order valence-electron chi connectivity index (χ4n) is 1.57. The predicted molar refractivity (Wildman–Crippen MR) is 75.6 cm³/mol. The molecule has 0 aromatic heterocycles. The fraction of sp³-hybridized carbons (Fsp3) is 0.429. The molecule has 0 saturated carbocycles. The molecular weight excluding hydrogens is 261 g/mol. The van der Waals surface area contributed by atoms with Gasteiger partial charge in [-0.3, -0.25) is 9.59 Å². The number of halogens is 1. The zero-order valence-corrected chi connectivity index (χ0v) is 12.1. The normalized spacial score (nSPS) is 12.7. The van der Waals surface area contributed by atoms with Gasteiger partial charge in [-0.2, -0.15) is 0 Å². The first kappa shape index (κ1) is 15.9. The summed E-state index contributed by atoms with van der Waals surface area (Å²) in [7, 11) is 0. The number of carbonyl (C=O) groups excluding carboxylic acids is 2. The van der Waals surface area contributed by atoms with Crippen molar-refractivity contribution in [2.24, 2.45) is 0 Å². The first-order chi connectivity index (χ1) is 9.08. The van der Waals surface area contributed by atoms with Crippen LogP contribution in [0.1, 0.15) is 38.1 Å². The highest BCUT2D eigenvalue weighted by molar-refractivity contribution is 5.98. The lowest BCUT2D eigenvalue weighted by Crippen LogP contribution is -2.50. The average molecular weight is 281 g/mol. The van der Waals surface area contributed by atoms with Gasteiger partial charge in [0.25, 0.3) is 5.91 Å². The molecule has 0 saturated heterocycles. The van der Waals surface area contributed by atoms with E-state index < -0.39 is 17.8 Å². The van der Waals surface area contributed by atoms with Gasteiger partial charge in [0.1, 0.15) is 11.9 Å². The van der Waals surface area contributed by atoms with Crippen LogP contribution < -0.4 is 16.4 Å². The van der Waals surface area contributed by atoms with E-state index in [0.29, 0.717) is 0 Å². The molecule has 1 aromatic carbocycles. The summed E-state index contributed by atoms with van der Waals surface area (Å²) in [4.78, 5) is 23.8. The molecule has 4 N–H and O–H groups in total. The van der Waals surface area contributed by atoms with E-state index in [9.17, 15) is 14.0 Å². The Bertz CT molecular complexity index is 503. The van der Waals surface area contributed by atoms with Crippen LogP contribution in [0.25, 0.3) is 0 Å². The van der Waals surface area contributed by atoms with E-state index in [4.69, 9.17) is 5.73 Å². The molecule has 0 aliphatic carbocycles. The Morgan fingerprint density at radius 3 is 2.35 bits per heavy atom. The number of nitrogen functional groups attached to an aromatic ring is 1. The van der Waals surface area contributed by atoms with Crippen molar-refractivity contribution in [2.75, 3.05) is 5.73 Å². The lowest BCUT2D eigenvalue weighted by atomic mass is 10.1. The van der Waals surface area contributed by atoms with E-state index >= 15 is 0 Å². The van der Waals surface area contributed by atoms with Gasteiger partial charge in [-0.25, -0.2) is 4.39 Å². The highest BCUT2D eigenvalue weighted by Gasteiger charge is 2.21. The molecule has 2 amide bonds. The Balaban J connectivity index is 2.72. The molecule has 1 unspecified atom stereocenters. The van der Waals surface area contributed by atoms with Gasteiger partial charge in [0.05, 0.1) is 0 Å². The topological polar surface area (TPSA) is 84.2 Å². The Morgan fingerprint density at radius 1 is 1.25 bits per heavy atom. The van der Waals surface area contributed by atoms with Crippen molar-refractivity contribution >= 4 is 17.5 Å². The lowest BCUT2D eigenvalue weighted by Gasteiger charge is -2.23. The Kier molecular flexibility index (Phi) is 4.70. The second-order valence-electron chi connectivity index (χ2n) is 5.71. The molecule has 0 radical (unpaired) electrons. The van der Waals surface area contributed by atoms with Crippen LogP contribution in [-0.4, -0.2) is 23.4 Å². The van der Waals surface area contributed by atoms with E-state index in [1.165, 1.54) is 6.07 Å². The minimum absolute atomic E-state index is 0.0814. The third kappa shape index (κ3) is 4.87. The molecule has 0 aliphatic heterocycles. The molecule has 0 aliphatic rings. The van der Waals surface area contributed by atoms with Gasteiger partial charge < -0.3 is 16.4 Å². The van der Waals surface area contributed by atoms with Crippen LogP contribution >= 0.6 is 0 Å². The summed E-state index contributed by atoms with van der Waals surface area (Å²) in [6, 6.07) is 2.81. The average Bonchev–Trinajstić information content (AvgIpc) is 2.25. The number of hydrogen-bond donors (Lipinski definition) is 3. The summed E-state index contributed by atoms with van der Waals surface area (Å²) in [5, 5.41) is 5.25. The molecule has 0 bridgehead atoms. The minimum Gasteiger partial charge on any atom is -0.399 e. The minimum atomic E-state index is -0.730.